The Bertz CT molecular complexity index is 384. The first-order valence-corrected chi connectivity index (χ1v) is 7.01. The Morgan fingerprint density at radius 3 is 3.00 bits per heavy atom. The maximum atomic E-state index is 9.90. The first-order valence-electron chi connectivity index (χ1n) is 6.21. The summed E-state index contributed by atoms with van der Waals surface area (Å²) in [5.74, 6) is 1.24. The lowest BCUT2D eigenvalue weighted by Crippen LogP contribution is -2.30. The molecule has 1 aliphatic carbocycles. The van der Waals surface area contributed by atoms with Gasteiger partial charge in [-0.05, 0) is 47.3 Å². The molecule has 0 radical (unpaired) electrons. The minimum absolute atomic E-state index is 0.153. The second-order valence-corrected chi connectivity index (χ2v) is 5.58. The van der Waals surface area contributed by atoms with Gasteiger partial charge in [0.25, 0.3) is 0 Å². The predicted molar refractivity (Wildman–Crippen MR) is 73.1 cm³/mol. The Hall–Kier alpha value is -0.610. The standard InChI is InChI=1S/C13H19BrN2O/c1-9-6-7-15-13(12(9)14)16-8-10-4-2-3-5-11(10)17/h6-7,10-11,17H,2-5,8H2,1H3,(H,15,16). The van der Waals surface area contributed by atoms with Crippen LogP contribution in [-0.2, 0) is 0 Å². The number of hydrogen-bond donors (Lipinski definition) is 2. The van der Waals surface area contributed by atoms with Gasteiger partial charge in [0.05, 0.1) is 10.6 Å². The summed E-state index contributed by atoms with van der Waals surface area (Å²) in [4.78, 5) is 4.31. The van der Waals surface area contributed by atoms with E-state index >= 15 is 0 Å². The maximum Gasteiger partial charge on any atom is 0.140 e. The number of rotatable bonds is 3. The van der Waals surface area contributed by atoms with Gasteiger partial charge in [0, 0.05) is 18.7 Å². The molecule has 17 heavy (non-hydrogen) atoms. The van der Waals surface area contributed by atoms with Gasteiger partial charge in [0.2, 0.25) is 0 Å². The third kappa shape index (κ3) is 3.19. The molecular weight excluding hydrogens is 280 g/mol. The predicted octanol–water partition coefficient (Wildman–Crippen LogP) is 3.12. The molecule has 1 aliphatic rings. The summed E-state index contributed by atoms with van der Waals surface area (Å²) in [6, 6.07) is 1.98. The highest BCUT2D eigenvalue weighted by atomic mass is 79.9. The quantitative estimate of drug-likeness (QED) is 0.901. The summed E-state index contributed by atoms with van der Waals surface area (Å²) >= 11 is 3.53. The maximum absolute atomic E-state index is 9.90. The number of anilines is 1. The Morgan fingerprint density at radius 1 is 1.47 bits per heavy atom. The highest BCUT2D eigenvalue weighted by Gasteiger charge is 2.22. The van der Waals surface area contributed by atoms with E-state index < -0.39 is 0 Å². The SMILES string of the molecule is Cc1ccnc(NCC2CCCCC2O)c1Br. The van der Waals surface area contributed by atoms with E-state index in [1.165, 1.54) is 12.0 Å². The monoisotopic (exact) mass is 298 g/mol. The molecular formula is C13H19BrN2O. The number of aliphatic hydroxyl groups excluding tert-OH is 1. The van der Waals surface area contributed by atoms with Crippen molar-refractivity contribution in [2.45, 2.75) is 38.7 Å². The van der Waals surface area contributed by atoms with Crippen molar-refractivity contribution in [3.05, 3.63) is 22.3 Å². The van der Waals surface area contributed by atoms with Crippen LogP contribution in [0, 0.1) is 12.8 Å². The number of nitrogens with zero attached hydrogens (tertiary/aromatic N) is 1. The molecule has 0 bridgehead atoms. The van der Waals surface area contributed by atoms with E-state index in [1.54, 1.807) is 6.20 Å². The summed E-state index contributed by atoms with van der Waals surface area (Å²) in [6.45, 7) is 2.85. The normalized spacial score (nSPS) is 24.6. The molecule has 2 N–H and O–H groups in total. The van der Waals surface area contributed by atoms with Gasteiger partial charge in [-0.15, -0.1) is 0 Å². The van der Waals surface area contributed by atoms with Crippen LogP contribution in [0.25, 0.3) is 0 Å². The smallest absolute Gasteiger partial charge is 0.140 e. The summed E-state index contributed by atoms with van der Waals surface area (Å²) < 4.78 is 1.02. The highest BCUT2D eigenvalue weighted by molar-refractivity contribution is 9.10. The molecule has 1 aromatic heterocycles. The molecule has 1 aromatic rings. The average Bonchev–Trinajstić information content (AvgIpc) is 2.33. The number of nitrogens with one attached hydrogen (secondary N) is 1. The highest BCUT2D eigenvalue weighted by Crippen LogP contribution is 2.27. The van der Waals surface area contributed by atoms with Crippen LogP contribution >= 0.6 is 15.9 Å². The van der Waals surface area contributed by atoms with Crippen LogP contribution in [0.15, 0.2) is 16.7 Å². The van der Waals surface area contributed by atoms with Crippen LogP contribution in [-0.4, -0.2) is 22.7 Å². The average molecular weight is 299 g/mol. The first kappa shape index (κ1) is 12.8. The van der Waals surface area contributed by atoms with Crippen molar-refractivity contribution in [2.24, 2.45) is 5.92 Å². The molecule has 94 valence electrons. The third-order valence-electron chi connectivity index (χ3n) is 3.48. The molecule has 2 unspecified atom stereocenters. The number of hydrogen-bond acceptors (Lipinski definition) is 3. The number of aliphatic hydroxyl groups is 1. The molecule has 3 nitrogen and oxygen atoms in total. The topological polar surface area (TPSA) is 45.2 Å². The molecule has 2 atom stereocenters. The van der Waals surface area contributed by atoms with Crippen molar-refractivity contribution < 1.29 is 5.11 Å². The van der Waals surface area contributed by atoms with Crippen molar-refractivity contribution >= 4 is 21.7 Å². The molecule has 0 saturated heterocycles. The summed E-state index contributed by atoms with van der Waals surface area (Å²) in [6.07, 6.45) is 6.09. The van der Waals surface area contributed by atoms with Crippen LogP contribution < -0.4 is 5.32 Å². The minimum atomic E-state index is -0.153. The van der Waals surface area contributed by atoms with Crippen molar-refractivity contribution in [2.75, 3.05) is 11.9 Å². The van der Waals surface area contributed by atoms with E-state index in [9.17, 15) is 5.11 Å². The molecule has 1 heterocycles. The number of aryl methyl sites for hydroxylation is 1. The molecule has 1 saturated carbocycles. The molecule has 4 heteroatoms. The summed E-state index contributed by atoms with van der Waals surface area (Å²) in [7, 11) is 0. The second kappa shape index (κ2) is 5.83. The largest absolute Gasteiger partial charge is 0.393 e. The minimum Gasteiger partial charge on any atom is -0.393 e. The van der Waals surface area contributed by atoms with Gasteiger partial charge in [0.1, 0.15) is 5.82 Å². The molecule has 0 aromatic carbocycles. The zero-order valence-corrected chi connectivity index (χ0v) is 11.7. The van der Waals surface area contributed by atoms with Crippen molar-refractivity contribution in [1.29, 1.82) is 0 Å². The van der Waals surface area contributed by atoms with E-state index in [0.717, 1.165) is 36.1 Å². The third-order valence-corrected chi connectivity index (χ3v) is 4.48. The first-order chi connectivity index (χ1) is 8.18. The Balaban J connectivity index is 1.95. The number of aromatic nitrogens is 1. The number of pyridine rings is 1. The summed E-state index contributed by atoms with van der Waals surface area (Å²) in [5, 5.41) is 13.2. The zero-order chi connectivity index (χ0) is 12.3. The molecule has 2 rings (SSSR count). The van der Waals surface area contributed by atoms with Crippen LogP contribution in [0.5, 0.6) is 0 Å². The van der Waals surface area contributed by atoms with Gasteiger partial charge in [-0.25, -0.2) is 4.98 Å². The van der Waals surface area contributed by atoms with Crippen molar-refractivity contribution in [3.63, 3.8) is 0 Å². The fraction of sp³-hybridized carbons (Fsp3) is 0.615. The van der Waals surface area contributed by atoms with Gasteiger partial charge in [-0.1, -0.05) is 12.8 Å². The van der Waals surface area contributed by atoms with E-state index in [2.05, 4.69) is 26.2 Å². The lowest BCUT2D eigenvalue weighted by Gasteiger charge is -2.28. The van der Waals surface area contributed by atoms with E-state index in [4.69, 9.17) is 0 Å². The van der Waals surface area contributed by atoms with Gasteiger partial charge in [0.15, 0.2) is 0 Å². The Morgan fingerprint density at radius 2 is 2.24 bits per heavy atom. The van der Waals surface area contributed by atoms with E-state index in [-0.39, 0.29) is 6.10 Å². The molecule has 0 spiro atoms. The fourth-order valence-corrected chi connectivity index (χ4v) is 2.69. The van der Waals surface area contributed by atoms with E-state index in [0.29, 0.717) is 5.92 Å². The van der Waals surface area contributed by atoms with Crippen LogP contribution in [0.4, 0.5) is 5.82 Å². The Kier molecular flexibility index (Phi) is 4.40. The van der Waals surface area contributed by atoms with Gasteiger partial charge < -0.3 is 10.4 Å². The molecule has 1 fully saturated rings. The lowest BCUT2D eigenvalue weighted by molar-refractivity contribution is 0.0763. The fourth-order valence-electron chi connectivity index (χ4n) is 2.32. The van der Waals surface area contributed by atoms with E-state index in [1.807, 2.05) is 13.0 Å². The van der Waals surface area contributed by atoms with Crippen LogP contribution in [0.3, 0.4) is 0 Å². The van der Waals surface area contributed by atoms with Gasteiger partial charge in [-0.2, -0.15) is 0 Å². The number of halogens is 1. The second-order valence-electron chi connectivity index (χ2n) is 4.78. The van der Waals surface area contributed by atoms with Crippen LogP contribution in [0.1, 0.15) is 31.2 Å². The van der Waals surface area contributed by atoms with Crippen LogP contribution in [0.2, 0.25) is 0 Å². The zero-order valence-electron chi connectivity index (χ0n) is 10.1. The lowest BCUT2D eigenvalue weighted by atomic mass is 9.86. The Labute approximate surface area is 111 Å². The molecule has 0 aliphatic heterocycles. The molecule has 0 amide bonds. The summed E-state index contributed by atoms with van der Waals surface area (Å²) in [5.41, 5.74) is 1.17. The van der Waals surface area contributed by atoms with Crippen molar-refractivity contribution in [1.82, 2.24) is 4.98 Å². The van der Waals surface area contributed by atoms with Gasteiger partial charge in [-0.3, -0.25) is 0 Å². The van der Waals surface area contributed by atoms with Gasteiger partial charge >= 0.3 is 0 Å². The van der Waals surface area contributed by atoms with Crippen molar-refractivity contribution in [3.8, 4) is 0 Å².